The summed E-state index contributed by atoms with van der Waals surface area (Å²) in [6, 6.07) is 13.2. The molecule has 0 saturated carbocycles. The summed E-state index contributed by atoms with van der Waals surface area (Å²) in [4.78, 5) is 12.0. The fraction of sp³-hybridized carbons (Fsp3) is 0.111. The third kappa shape index (κ3) is 3.55. The first-order chi connectivity index (χ1) is 11.8. The van der Waals surface area contributed by atoms with E-state index in [2.05, 4.69) is 10.4 Å². The number of rotatable bonds is 6. The molecule has 0 aliphatic carbocycles. The van der Waals surface area contributed by atoms with E-state index in [9.17, 15) is 4.79 Å². The summed E-state index contributed by atoms with van der Waals surface area (Å²) in [6.45, 7) is 2.36. The predicted octanol–water partition coefficient (Wildman–Crippen LogP) is 3.62. The lowest BCUT2D eigenvalue weighted by Crippen LogP contribution is -2.12. The lowest BCUT2D eigenvalue weighted by atomic mass is 10.2. The smallest absolute Gasteiger partial charge is 0.252 e. The molecule has 0 radical (unpaired) electrons. The number of hydrogen-bond donors (Lipinski definition) is 1. The predicted molar refractivity (Wildman–Crippen MR) is 90.7 cm³/mol. The van der Waals surface area contributed by atoms with Crippen molar-refractivity contribution in [2.24, 2.45) is 0 Å². The Morgan fingerprint density at radius 3 is 2.88 bits per heavy atom. The monoisotopic (exact) mass is 323 g/mol. The van der Waals surface area contributed by atoms with Crippen LogP contribution >= 0.6 is 0 Å². The minimum absolute atomic E-state index is 0.292. The Bertz CT molecular complexity index is 821. The normalized spacial score (nSPS) is 10.9. The van der Waals surface area contributed by atoms with Crippen LogP contribution in [0.3, 0.4) is 0 Å². The molecule has 0 bridgehead atoms. The molecule has 0 saturated heterocycles. The topological polar surface area (TPSA) is 69.3 Å². The largest absolute Gasteiger partial charge is 0.501 e. The lowest BCUT2D eigenvalue weighted by Gasteiger charge is -2.07. The molecule has 2 heterocycles. The Morgan fingerprint density at radius 2 is 2.17 bits per heavy atom. The lowest BCUT2D eigenvalue weighted by molar-refractivity contribution is -0.112. The molecule has 0 atom stereocenters. The molecule has 0 aliphatic heterocycles. The van der Waals surface area contributed by atoms with Crippen LogP contribution in [0, 0.1) is 0 Å². The van der Waals surface area contributed by atoms with Crippen molar-refractivity contribution in [2.45, 2.75) is 6.92 Å². The van der Waals surface area contributed by atoms with Crippen molar-refractivity contribution in [3.63, 3.8) is 0 Å². The van der Waals surface area contributed by atoms with Gasteiger partial charge in [-0.3, -0.25) is 4.79 Å². The van der Waals surface area contributed by atoms with Gasteiger partial charge in [0.15, 0.2) is 0 Å². The van der Waals surface area contributed by atoms with Crippen LogP contribution in [-0.4, -0.2) is 22.3 Å². The average Bonchev–Trinajstić information content (AvgIpc) is 3.25. The maximum atomic E-state index is 12.0. The van der Waals surface area contributed by atoms with E-state index in [0.717, 1.165) is 11.3 Å². The van der Waals surface area contributed by atoms with E-state index < -0.39 is 0 Å². The summed E-state index contributed by atoms with van der Waals surface area (Å²) < 4.78 is 11.8. The second-order valence-electron chi connectivity index (χ2n) is 4.92. The number of carbonyl (C=O) groups excluding carboxylic acids is 1. The van der Waals surface area contributed by atoms with Crippen molar-refractivity contribution < 1.29 is 13.9 Å². The molecule has 1 amide bonds. The Balaban J connectivity index is 1.93. The van der Waals surface area contributed by atoms with Gasteiger partial charge in [-0.05, 0) is 25.1 Å². The van der Waals surface area contributed by atoms with Crippen LogP contribution in [0.25, 0.3) is 16.9 Å². The van der Waals surface area contributed by atoms with Gasteiger partial charge in [-0.25, -0.2) is 4.68 Å². The summed E-state index contributed by atoms with van der Waals surface area (Å²) in [5.41, 5.74) is 2.39. The number of furan rings is 1. The van der Waals surface area contributed by atoms with E-state index >= 15 is 0 Å². The summed E-state index contributed by atoms with van der Waals surface area (Å²) in [5, 5.41) is 7.37. The van der Waals surface area contributed by atoms with Crippen molar-refractivity contribution in [2.75, 3.05) is 11.9 Å². The van der Waals surface area contributed by atoms with Crippen molar-refractivity contribution in [1.29, 1.82) is 0 Å². The van der Waals surface area contributed by atoms with E-state index in [4.69, 9.17) is 9.15 Å². The van der Waals surface area contributed by atoms with Gasteiger partial charge in [-0.1, -0.05) is 18.2 Å². The highest BCUT2D eigenvalue weighted by Crippen LogP contribution is 2.25. The van der Waals surface area contributed by atoms with E-state index in [1.807, 2.05) is 43.3 Å². The quantitative estimate of drug-likeness (QED) is 0.555. The standard InChI is InChI=1S/C18H17N3O3/c1-2-23-11-9-18(22)19-17-12-16(14-8-10-24-13-14)20-21(17)15-6-4-3-5-7-15/h3-13H,2H2,1H3,(H,19,22). The number of anilines is 1. The fourth-order valence-electron chi connectivity index (χ4n) is 2.16. The van der Waals surface area contributed by atoms with E-state index in [1.165, 1.54) is 12.3 Å². The zero-order valence-corrected chi connectivity index (χ0v) is 13.2. The number of ether oxygens (including phenoxy) is 1. The van der Waals surface area contributed by atoms with Crippen LogP contribution in [0.4, 0.5) is 5.82 Å². The highest BCUT2D eigenvalue weighted by Gasteiger charge is 2.13. The molecule has 3 aromatic rings. The molecular formula is C18H17N3O3. The second kappa shape index (κ2) is 7.32. The summed E-state index contributed by atoms with van der Waals surface area (Å²) in [5.74, 6) is 0.267. The number of amides is 1. The summed E-state index contributed by atoms with van der Waals surface area (Å²) in [6.07, 6.45) is 5.90. The molecule has 1 aromatic carbocycles. The minimum Gasteiger partial charge on any atom is -0.501 e. The molecule has 6 heteroatoms. The Kier molecular flexibility index (Phi) is 4.76. The van der Waals surface area contributed by atoms with Crippen LogP contribution < -0.4 is 5.32 Å². The highest BCUT2D eigenvalue weighted by molar-refractivity contribution is 5.99. The third-order valence-corrected chi connectivity index (χ3v) is 3.26. The number of aromatic nitrogens is 2. The molecule has 1 N–H and O–H groups in total. The van der Waals surface area contributed by atoms with Crippen molar-refractivity contribution in [1.82, 2.24) is 9.78 Å². The van der Waals surface area contributed by atoms with Crippen LogP contribution in [0.15, 0.2) is 71.7 Å². The van der Waals surface area contributed by atoms with Gasteiger partial charge in [-0.2, -0.15) is 5.10 Å². The molecule has 6 nitrogen and oxygen atoms in total. The molecule has 0 spiro atoms. The Hall–Kier alpha value is -3.28. The number of para-hydroxylation sites is 1. The van der Waals surface area contributed by atoms with Gasteiger partial charge in [0, 0.05) is 17.7 Å². The Morgan fingerprint density at radius 1 is 1.33 bits per heavy atom. The fourth-order valence-corrected chi connectivity index (χ4v) is 2.16. The summed E-state index contributed by atoms with van der Waals surface area (Å²) in [7, 11) is 0. The number of carbonyl (C=O) groups is 1. The van der Waals surface area contributed by atoms with Crippen molar-refractivity contribution >= 4 is 11.7 Å². The van der Waals surface area contributed by atoms with Crippen molar-refractivity contribution in [3.8, 4) is 16.9 Å². The summed E-state index contributed by atoms with van der Waals surface area (Å²) >= 11 is 0. The number of hydrogen-bond acceptors (Lipinski definition) is 4. The van der Waals surface area contributed by atoms with Crippen LogP contribution in [0.2, 0.25) is 0 Å². The molecule has 2 aromatic heterocycles. The van der Waals surface area contributed by atoms with Crippen LogP contribution in [0.1, 0.15) is 6.92 Å². The molecule has 0 aliphatic rings. The van der Waals surface area contributed by atoms with Gasteiger partial charge < -0.3 is 14.5 Å². The molecule has 3 rings (SSSR count). The first kappa shape index (κ1) is 15.6. The van der Waals surface area contributed by atoms with E-state index in [1.54, 1.807) is 23.3 Å². The van der Waals surface area contributed by atoms with Crippen LogP contribution in [0.5, 0.6) is 0 Å². The maximum Gasteiger partial charge on any atom is 0.252 e. The van der Waals surface area contributed by atoms with Gasteiger partial charge in [0.25, 0.3) is 5.91 Å². The van der Waals surface area contributed by atoms with Gasteiger partial charge in [-0.15, -0.1) is 0 Å². The van der Waals surface area contributed by atoms with Gasteiger partial charge >= 0.3 is 0 Å². The SMILES string of the molecule is CCOC=CC(=O)Nc1cc(-c2ccoc2)nn1-c1ccccc1. The van der Waals surface area contributed by atoms with Gasteiger partial charge in [0.2, 0.25) is 0 Å². The molecule has 122 valence electrons. The average molecular weight is 323 g/mol. The van der Waals surface area contributed by atoms with Crippen molar-refractivity contribution in [3.05, 3.63) is 67.3 Å². The maximum absolute atomic E-state index is 12.0. The zero-order chi connectivity index (χ0) is 16.8. The highest BCUT2D eigenvalue weighted by atomic mass is 16.5. The Labute approximate surface area is 139 Å². The van der Waals surface area contributed by atoms with Crippen LogP contribution in [-0.2, 0) is 9.53 Å². The molecule has 0 unspecified atom stereocenters. The van der Waals surface area contributed by atoms with E-state index in [-0.39, 0.29) is 5.91 Å². The van der Waals surface area contributed by atoms with E-state index in [0.29, 0.717) is 18.1 Å². The number of nitrogens with zero attached hydrogens (tertiary/aromatic N) is 2. The molecule has 0 fully saturated rings. The zero-order valence-electron chi connectivity index (χ0n) is 13.2. The second-order valence-corrected chi connectivity index (χ2v) is 4.92. The third-order valence-electron chi connectivity index (χ3n) is 3.26. The number of nitrogens with one attached hydrogen (secondary N) is 1. The van der Waals surface area contributed by atoms with Gasteiger partial charge in [0.1, 0.15) is 5.82 Å². The van der Waals surface area contributed by atoms with Gasteiger partial charge in [0.05, 0.1) is 36.8 Å². The molecule has 24 heavy (non-hydrogen) atoms. The number of benzene rings is 1. The first-order valence-electron chi connectivity index (χ1n) is 7.55. The minimum atomic E-state index is -0.292. The first-order valence-corrected chi connectivity index (χ1v) is 7.55. The molecular weight excluding hydrogens is 306 g/mol.